The maximum atomic E-state index is 12.3. The molecular weight excluding hydrogens is 333 g/mol. The summed E-state index contributed by atoms with van der Waals surface area (Å²) >= 11 is 11.8. The summed E-state index contributed by atoms with van der Waals surface area (Å²) in [4.78, 5) is -0.143. The van der Waals surface area contributed by atoms with Crippen LogP contribution < -0.4 is 10.5 Å². The van der Waals surface area contributed by atoms with Gasteiger partial charge in [0, 0.05) is 5.69 Å². The number of anilines is 2. The highest BCUT2D eigenvalue weighted by Gasteiger charge is 2.19. The maximum absolute atomic E-state index is 12.3. The highest BCUT2D eigenvalue weighted by molar-refractivity contribution is 7.92. The average molecular weight is 342 g/mol. The first-order valence-corrected chi connectivity index (χ1v) is 7.85. The standard InChI is InChI=1S/C13H9Cl2N3O2S/c14-10-6-9(17)2-3-12(10)18-21(19,20)13-4-1-8(7-16)5-11(13)15/h1-6,18H,17H2. The highest BCUT2D eigenvalue weighted by atomic mass is 35.5. The summed E-state index contributed by atoms with van der Waals surface area (Å²) in [6.45, 7) is 0. The molecule has 0 saturated heterocycles. The molecule has 21 heavy (non-hydrogen) atoms. The van der Waals surface area contributed by atoms with E-state index in [1.165, 1.54) is 36.4 Å². The molecule has 0 aromatic heterocycles. The summed E-state index contributed by atoms with van der Waals surface area (Å²) in [5, 5.41) is 8.87. The lowest BCUT2D eigenvalue weighted by Crippen LogP contribution is -2.14. The summed E-state index contributed by atoms with van der Waals surface area (Å²) in [6.07, 6.45) is 0. The quantitative estimate of drug-likeness (QED) is 0.837. The third kappa shape index (κ3) is 3.39. The van der Waals surface area contributed by atoms with Gasteiger partial charge in [0.2, 0.25) is 0 Å². The number of hydrogen-bond acceptors (Lipinski definition) is 4. The minimum atomic E-state index is -3.92. The molecular formula is C13H9Cl2N3O2S. The van der Waals surface area contributed by atoms with E-state index in [0.29, 0.717) is 5.69 Å². The maximum Gasteiger partial charge on any atom is 0.263 e. The van der Waals surface area contributed by atoms with Crippen molar-refractivity contribution in [2.75, 3.05) is 10.5 Å². The van der Waals surface area contributed by atoms with Gasteiger partial charge in [0.05, 0.1) is 27.4 Å². The van der Waals surface area contributed by atoms with Crippen molar-refractivity contribution in [3.8, 4) is 6.07 Å². The minimum absolute atomic E-state index is 0.0480. The molecule has 0 aliphatic carbocycles. The Labute approximate surface area is 132 Å². The summed E-state index contributed by atoms with van der Waals surface area (Å²) in [5.74, 6) is 0. The molecule has 108 valence electrons. The number of nitrogen functional groups attached to an aromatic ring is 1. The van der Waals surface area contributed by atoms with Crippen LogP contribution in [0.15, 0.2) is 41.3 Å². The number of nitriles is 1. The van der Waals surface area contributed by atoms with Crippen molar-refractivity contribution < 1.29 is 8.42 Å². The zero-order chi connectivity index (χ0) is 15.6. The van der Waals surface area contributed by atoms with E-state index >= 15 is 0 Å². The van der Waals surface area contributed by atoms with Gasteiger partial charge in [0.1, 0.15) is 4.90 Å². The van der Waals surface area contributed by atoms with E-state index in [-0.39, 0.29) is 26.2 Å². The first-order chi connectivity index (χ1) is 9.83. The van der Waals surface area contributed by atoms with Gasteiger partial charge in [-0.25, -0.2) is 8.42 Å². The van der Waals surface area contributed by atoms with Gasteiger partial charge in [-0.2, -0.15) is 5.26 Å². The fourth-order valence-corrected chi connectivity index (χ4v) is 3.52. The molecule has 0 unspecified atom stereocenters. The molecule has 0 amide bonds. The molecule has 0 atom stereocenters. The van der Waals surface area contributed by atoms with Crippen LogP contribution in [0.2, 0.25) is 10.0 Å². The van der Waals surface area contributed by atoms with Gasteiger partial charge >= 0.3 is 0 Å². The van der Waals surface area contributed by atoms with Gasteiger partial charge in [-0.3, -0.25) is 4.72 Å². The molecule has 0 heterocycles. The molecule has 0 bridgehead atoms. The van der Waals surface area contributed by atoms with Crippen LogP contribution in [0.25, 0.3) is 0 Å². The lowest BCUT2D eigenvalue weighted by atomic mass is 10.2. The molecule has 0 saturated carbocycles. The average Bonchev–Trinajstić information content (AvgIpc) is 2.41. The number of rotatable bonds is 3. The molecule has 0 fully saturated rings. The van der Waals surface area contributed by atoms with Gasteiger partial charge in [-0.05, 0) is 36.4 Å². The molecule has 0 radical (unpaired) electrons. The van der Waals surface area contributed by atoms with Gasteiger partial charge in [-0.1, -0.05) is 23.2 Å². The Morgan fingerprint density at radius 1 is 1.10 bits per heavy atom. The van der Waals surface area contributed by atoms with E-state index in [1.807, 2.05) is 6.07 Å². The summed E-state index contributed by atoms with van der Waals surface area (Å²) in [6, 6.07) is 10.2. The number of nitrogens with zero attached hydrogens (tertiary/aromatic N) is 1. The SMILES string of the molecule is N#Cc1ccc(S(=O)(=O)Nc2ccc(N)cc2Cl)c(Cl)c1. The van der Waals surface area contributed by atoms with Crippen LogP contribution >= 0.6 is 23.2 Å². The first kappa shape index (κ1) is 15.4. The first-order valence-electron chi connectivity index (χ1n) is 5.61. The Bertz CT molecular complexity index is 845. The predicted octanol–water partition coefficient (Wildman–Crippen LogP) is 3.25. The Morgan fingerprint density at radius 2 is 1.81 bits per heavy atom. The number of benzene rings is 2. The van der Waals surface area contributed by atoms with Crippen molar-refractivity contribution in [2.45, 2.75) is 4.90 Å². The fourth-order valence-electron chi connectivity index (χ4n) is 1.60. The van der Waals surface area contributed by atoms with Crippen molar-refractivity contribution in [3.05, 3.63) is 52.0 Å². The van der Waals surface area contributed by atoms with Crippen molar-refractivity contribution in [3.63, 3.8) is 0 Å². The molecule has 0 spiro atoms. The molecule has 2 aromatic rings. The number of halogens is 2. The predicted molar refractivity (Wildman–Crippen MR) is 82.8 cm³/mol. The summed E-state index contributed by atoms with van der Waals surface area (Å²) in [7, 11) is -3.92. The van der Waals surface area contributed by atoms with Gasteiger partial charge < -0.3 is 5.73 Å². The molecule has 2 rings (SSSR count). The van der Waals surface area contributed by atoms with Gasteiger partial charge in [0.15, 0.2) is 0 Å². The van der Waals surface area contributed by atoms with Crippen molar-refractivity contribution in [1.29, 1.82) is 5.26 Å². The summed E-state index contributed by atoms with van der Waals surface area (Å²) < 4.78 is 26.9. The van der Waals surface area contributed by atoms with Crippen LogP contribution in [0.5, 0.6) is 0 Å². The molecule has 3 N–H and O–H groups in total. The Balaban J connectivity index is 2.41. The number of nitrogens with two attached hydrogens (primary N) is 1. The van der Waals surface area contributed by atoms with E-state index in [2.05, 4.69) is 4.72 Å². The van der Waals surface area contributed by atoms with Crippen LogP contribution in [0.3, 0.4) is 0 Å². The number of nitrogens with one attached hydrogen (secondary N) is 1. The second-order valence-electron chi connectivity index (χ2n) is 4.10. The fraction of sp³-hybridized carbons (Fsp3) is 0. The number of hydrogen-bond donors (Lipinski definition) is 2. The normalized spacial score (nSPS) is 10.9. The van der Waals surface area contributed by atoms with Crippen molar-refractivity contribution in [1.82, 2.24) is 0 Å². The second-order valence-corrected chi connectivity index (χ2v) is 6.57. The van der Waals surface area contributed by atoms with Crippen molar-refractivity contribution >= 4 is 44.6 Å². The monoisotopic (exact) mass is 341 g/mol. The Morgan fingerprint density at radius 3 is 2.38 bits per heavy atom. The largest absolute Gasteiger partial charge is 0.399 e. The Kier molecular flexibility index (Phi) is 4.28. The lowest BCUT2D eigenvalue weighted by Gasteiger charge is -2.11. The third-order valence-electron chi connectivity index (χ3n) is 2.59. The lowest BCUT2D eigenvalue weighted by molar-refractivity contribution is 0.601. The van der Waals surface area contributed by atoms with E-state index in [1.54, 1.807) is 0 Å². The van der Waals surface area contributed by atoms with Crippen molar-refractivity contribution in [2.24, 2.45) is 0 Å². The smallest absolute Gasteiger partial charge is 0.263 e. The van der Waals surface area contributed by atoms with E-state index in [4.69, 9.17) is 34.2 Å². The van der Waals surface area contributed by atoms with Gasteiger partial charge in [-0.15, -0.1) is 0 Å². The Hall–Kier alpha value is -1.94. The van der Waals surface area contributed by atoms with Crippen LogP contribution in [-0.2, 0) is 10.0 Å². The van der Waals surface area contributed by atoms with Crippen LogP contribution in [-0.4, -0.2) is 8.42 Å². The topological polar surface area (TPSA) is 96.0 Å². The van der Waals surface area contributed by atoms with Gasteiger partial charge in [0.25, 0.3) is 10.0 Å². The summed E-state index contributed by atoms with van der Waals surface area (Å²) in [5.41, 5.74) is 6.42. The second kappa shape index (κ2) is 5.82. The van der Waals surface area contributed by atoms with Crippen LogP contribution in [0.1, 0.15) is 5.56 Å². The highest BCUT2D eigenvalue weighted by Crippen LogP contribution is 2.29. The van der Waals surface area contributed by atoms with E-state index in [0.717, 1.165) is 0 Å². The van der Waals surface area contributed by atoms with Crippen LogP contribution in [0.4, 0.5) is 11.4 Å². The molecule has 8 heteroatoms. The molecule has 5 nitrogen and oxygen atoms in total. The van der Waals surface area contributed by atoms with Crippen LogP contribution in [0, 0.1) is 11.3 Å². The molecule has 0 aliphatic rings. The van der Waals surface area contributed by atoms with E-state index < -0.39 is 10.0 Å². The zero-order valence-corrected chi connectivity index (χ0v) is 12.8. The zero-order valence-electron chi connectivity index (χ0n) is 10.5. The third-order valence-corrected chi connectivity index (χ3v) is 4.75. The van der Waals surface area contributed by atoms with E-state index in [9.17, 15) is 8.42 Å². The minimum Gasteiger partial charge on any atom is -0.399 e. The molecule has 0 aliphatic heterocycles. The number of sulfonamides is 1. The molecule has 2 aromatic carbocycles.